The zero-order valence-electron chi connectivity index (χ0n) is 26.6. The van der Waals surface area contributed by atoms with Crippen molar-refractivity contribution < 1.29 is 19.0 Å². The highest BCUT2D eigenvalue weighted by Crippen LogP contribution is 2.32. The maximum Gasteiger partial charge on any atom is 0.281 e. The number of hydrogen-bond acceptors (Lipinski definition) is 7. The van der Waals surface area contributed by atoms with Crippen LogP contribution in [0.5, 0.6) is 5.75 Å². The molecule has 1 amide bonds. The van der Waals surface area contributed by atoms with E-state index in [-0.39, 0.29) is 23.4 Å². The molecule has 2 aliphatic rings. The van der Waals surface area contributed by atoms with Crippen LogP contribution in [-0.2, 0) is 11.2 Å². The number of amides is 1. The molecule has 9 nitrogen and oxygen atoms in total. The van der Waals surface area contributed by atoms with Gasteiger partial charge in [-0.15, -0.1) is 0 Å². The smallest absolute Gasteiger partial charge is 0.281 e. The van der Waals surface area contributed by atoms with E-state index in [2.05, 4.69) is 27.2 Å². The topological polar surface area (TPSA) is 129 Å². The molecule has 2 saturated heterocycles. The standard InChI is InChI=1S/C37H41FN6O3/c1-43-13-15-44(16-14-43)29-7-10-31(35(22-29)41-28-11-17-47-18-12-28)37(46)42-36(40)33-21-26(19-24-3-2-4-27(38)20-24)32(23-34(33)39)25-5-8-30(45)9-6-25/h2-10,20-23,28,41,45H,11-19,39H2,1H3,(H2,40,42,46). The molecule has 2 aliphatic heterocycles. The molecule has 6 rings (SSSR count). The number of ether oxygens (including phenoxy) is 1. The van der Waals surface area contributed by atoms with E-state index >= 15 is 0 Å². The second kappa shape index (κ2) is 14.2. The molecular weight excluding hydrogens is 595 g/mol. The van der Waals surface area contributed by atoms with E-state index in [1.54, 1.807) is 36.4 Å². The summed E-state index contributed by atoms with van der Waals surface area (Å²) in [4.78, 5) is 22.8. The van der Waals surface area contributed by atoms with Gasteiger partial charge in [0.25, 0.3) is 5.91 Å². The van der Waals surface area contributed by atoms with Gasteiger partial charge in [0.05, 0.1) is 5.56 Å². The van der Waals surface area contributed by atoms with E-state index in [1.165, 1.54) is 12.1 Å². The van der Waals surface area contributed by atoms with Crippen LogP contribution in [0.4, 0.5) is 21.5 Å². The van der Waals surface area contributed by atoms with Crippen LogP contribution in [0.1, 0.15) is 39.9 Å². The number of nitrogens with one attached hydrogen (secondary N) is 1. The number of carbonyl (C=O) groups excluding carboxylic acids is 1. The van der Waals surface area contributed by atoms with Gasteiger partial charge in [0.2, 0.25) is 0 Å². The van der Waals surface area contributed by atoms with Gasteiger partial charge in [0.1, 0.15) is 17.4 Å². The van der Waals surface area contributed by atoms with Gasteiger partial charge in [-0.3, -0.25) is 4.79 Å². The minimum atomic E-state index is -0.476. The number of phenolic OH excluding ortho intramolecular Hbond substituents is 1. The van der Waals surface area contributed by atoms with Crippen LogP contribution in [0.15, 0.2) is 83.9 Å². The number of carbonyl (C=O) groups is 1. The second-order valence-corrected chi connectivity index (χ2v) is 12.3. The van der Waals surface area contributed by atoms with Crippen molar-refractivity contribution >= 4 is 28.8 Å². The minimum absolute atomic E-state index is 0.00888. The van der Waals surface area contributed by atoms with Crippen LogP contribution in [0, 0.1) is 5.82 Å². The minimum Gasteiger partial charge on any atom is -0.508 e. The first-order valence-electron chi connectivity index (χ1n) is 16.0. The molecule has 2 heterocycles. The maximum absolute atomic E-state index is 14.1. The van der Waals surface area contributed by atoms with Crippen molar-refractivity contribution in [2.45, 2.75) is 25.3 Å². The number of rotatable bonds is 8. The molecule has 6 N–H and O–H groups in total. The molecule has 47 heavy (non-hydrogen) atoms. The number of amidine groups is 1. The van der Waals surface area contributed by atoms with E-state index in [4.69, 9.17) is 16.2 Å². The lowest BCUT2D eigenvalue weighted by molar-refractivity contribution is 0.0904. The predicted molar refractivity (Wildman–Crippen MR) is 186 cm³/mol. The van der Waals surface area contributed by atoms with Gasteiger partial charge < -0.3 is 36.4 Å². The Morgan fingerprint density at radius 1 is 0.979 bits per heavy atom. The Morgan fingerprint density at radius 2 is 1.72 bits per heavy atom. The first-order valence-corrected chi connectivity index (χ1v) is 16.0. The highest BCUT2D eigenvalue weighted by molar-refractivity contribution is 6.13. The Balaban J connectivity index is 1.34. The Bertz CT molecular complexity index is 1760. The third kappa shape index (κ3) is 7.73. The Kier molecular flexibility index (Phi) is 9.70. The molecule has 0 aromatic heterocycles. The Labute approximate surface area is 274 Å². The summed E-state index contributed by atoms with van der Waals surface area (Å²) in [6, 6.07) is 22.8. The number of phenols is 1. The fraction of sp³-hybridized carbons (Fsp3) is 0.297. The molecule has 4 aromatic rings. The van der Waals surface area contributed by atoms with Crippen LogP contribution in [0.3, 0.4) is 0 Å². The maximum atomic E-state index is 14.1. The average molecular weight is 637 g/mol. The number of nitrogen functional groups attached to an aromatic ring is 1. The molecule has 0 saturated carbocycles. The Hall–Kier alpha value is -4.93. The fourth-order valence-electron chi connectivity index (χ4n) is 6.20. The van der Waals surface area contributed by atoms with Crippen molar-refractivity contribution in [3.05, 3.63) is 107 Å². The zero-order valence-corrected chi connectivity index (χ0v) is 26.6. The van der Waals surface area contributed by atoms with E-state index in [9.17, 15) is 14.3 Å². The van der Waals surface area contributed by atoms with Crippen LogP contribution >= 0.6 is 0 Å². The molecule has 4 aromatic carbocycles. The summed E-state index contributed by atoms with van der Waals surface area (Å²) < 4.78 is 19.7. The summed E-state index contributed by atoms with van der Waals surface area (Å²) in [5.74, 6) is -0.678. The highest BCUT2D eigenvalue weighted by Gasteiger charge is 2.22. The van der Waals surface area contributed by atoms with Crippen molar-refractivity contribution in [2.75, 3.05) is 62.4 Å². The zero-order chi connectivity index (χ0) is 32.9. The third-order valence-electron chi connectivity index (χ3n) is 8.92. The lowest BCUT2D eigenvalue weighted by Crippen LogP contribution is -2.44. The van der Waals surface area contributed by atoms with E-state index in [0.717, 1.165) is 72.6 Å². The number of nitrogens with two attached hydrogens (primary N) is 2. The summed E-state index contributed by atoms with van der Waals surface area (Å²) in [5.41, 5.74) is 19.2. The van der Waals surface area contributed by atoms with Crippen LogP contribution in [0.25, 0.3) is 11.1 Å². The summed E-state index contributed by atoms with van der Waals surface area (Å²) in [5, 5.41) is 13.4. The second-order valence-electron chi connectivity index (χ2n) is 12.3. The molecule has 2 fully saturated rings. The molecule has 0 aliphatic carbocycles. The molecule has 244 valence electrons. The van der Waals surface area contributed by atoms with Gasteiger partial charge in [-0.1, -0.05) is 24.3 Å². The predicted octanol–water partition coefficient (Wildman–Crippen LogP) is 5.26. The SMILES string of the molecule is CN1CCN(c2ccc(C(=O)N=C(N)c3cc(Cc4cccc(F)c4)c(-c4ccc(O)cc4)cc3N)c(NC3CCOCC3)c2)CC1. The quantitative estimate of drug-likeness (QED) is 0.117. The number of aliphatic imine (C=N–C) groups is 1. The van der Waals surface area contributed by atoms with Gasteiger partial charge in [-0.2, -0.15) is 4.99 Å². The lowest BCUT2D eigenvalue weighted by atomic mass is 9.92. The van der Waals surface area contributed by atoms with Gasteiger partial charge >= 0.3 is 0 Å². The van der Waals surface area contributed by atoms with Crippen LogP contribution in [-0.4, -0.2) is 74.2 Å². The van der Waals surface area contributed by atoms with Crippen molar-refractivity contribution in [3.8, 4) is 16.9 Å². The molecule has 0 radical (unpaired) electrons. The lowest BCUT2D eigenvalue weighted by Gasteiger charge is -2.34. The summed E-state index contributed by atoms with van der Waals surface area (Å²) >= 11 is 0. The van der Waals surface area contributed by atoms with Crippen molar-refractivity contribution in [2.24, 2.45) is 10.7 Å². The number of hydrogen-bond donors (Lipinski definition) is 4. The van der Waals surface area contributed by atoms with Crippen molar-refractivity contribution in [1.29, 1.82) is 0 Å². The average Bonchev–Trinajstić information content (AvgIpc) is 3.06. The third-order valence-corrected chi connectivity index (χ3v) is 8.92. The number of benzene rings is 4. The number of piperazine rings is 1. The first kappa shape index (κ1) is 32.0. The summed E-state index contributed by atoms with van der Waals surface area (Å²) in [7, 11) is 2.12. The number of nitrogens with zero attached hydrogens (tertiary/aromatic N) is 3. The molecule has 0 spiro atoms. The van der Waals surface area contributed by atoms with Gasteiger partial charge in [0.15, 0.2) is 0 Å². The molecular formula is C37H41FN6O3. The number of halogens is 1. The largest absolute Gasteiger partial charge is 0.508 e. The molecule has 0 unspecified atom stereocenters. The first-order chi connectivity index (χ1) is 22.7. The van der Waals surface area contributed by atoms with Gasteiger partial charge in [-0.05, 0) is 103 Å². The highest BCUT2D eigenvalue weighted by atomic mass is 19.1. The summed E-state index contributed by atoms with van der Waals surface area (Å²) in [6.45, 7) is 5.09. The van der Waals surface area contributed by atoms with Crippen molar-refractivity contribution in [3.63, 3.8) is 0 Å². The normalized spacial score (nSPS) is 16.3. The summed E-state index contributed by atoms with van der Waals surface area (Å²) in [6.07, 6.45) is 2.07. The number of likely N-dealkylation sites (N-methyl/N-ethyl adjacent to an activating group) is 1. The monoisotopic (exact) mass is 636 g/mol. The van der Waals surface area contributed by atoms with E-state index < -0.39 is 5.91 Å². The van der Waals surface area contributed by atoms with Gasteiger partial charge in [0, 0.05) is 68.1 Å². The van der Waals surface area contributed by atoms with Crippen LogP contribution in [0.2, 0.25) is 0 Å². The Morgan fingerprint density at radius 3 is 2.45 bits per heavy atom. The van der Waals surface area contributed by atoms with E-state index in [1.807, 2.05) is 30.3 Å². The molecule has 0 bridgehead atoms. The molecule has 10 heteroatoms. The number of aromatic hydroxyl groups is 1. The molecule has 0 atom stereocenters. The van der Waals surface area contributed by atoms with Gasteiger partial charge in [-0.25, -0.2) is 4.39 Å². The number of anilines is 3. The van der Waals surface area contributed by atoms with E-state index in [0.29, 0.717) is 36.4 Å². The van der Waals surface area contributed by atoms with Crippen LogP contribution < -0.4 is 21.7 Å². The fourth-order valence-corrected chi connectivity index (χ4v) is 6.20. The van der Waals surface area contributed by atoms with Crippen molar-refractivity contribution in [1.82, 2.24) is 4.90 Å².